The van der Waals surface area contributed by atoms with Gasteiger partial charge in [0.15, 0.2) is 0 Å². The van der Waals surface area contributed by atoms with E-state index in [4.69, 9.17) is 10.5 Å². The van der Waals surface area contributed by atoms with Crippen LogP contribution in [0.2, 0.25) is 0 Å². The largest absolute Gasteiger partial charge is 0.369 e. The summed E-state index contributed by atoms with van der Waals surface area (Å²) in [6, 6.07) is 5.63. The van der Waals surface area contributed by atoms with Gasteiger partial charge in [-0.2, -0.15) is 0 Å². The van der Waals surface area contributed by atoms with Gasteiger partial charge in [-0.25, -0.2) is 4.98 Å². The molecular formula is C18H22N4O3. The lowest BCUT2D eigenvalue weighted by molar-refractivity contribution is -0.128. The summed E-state index contributed by atoms with van der Waals surface area (Å²) in [5, 5.41) is 2.83. The second-order valence-corrected chi connectivity index (χ2v) is 6.27. The van der Waals surface area contributed by atoms with E-state index >= 15 is 0 Å². The molecule has 7 heteroatoms. The standard InChI is InChI=1S/C18H22N4O3/c1-11-5-4-8-14-17(11)22-15(20-14)9-25-10-16(23)21-13-7-3-2-6-12(13)18(19)24/h2-5,8,12-13H,6-7,9-10H2,1H3,(H2,19,24)(H,20,22)(H,21,23)/t12-,13-/m1/s1. The molecule has 2 amide bonds. The minimum Gasteiger partial charge on any atom is -0.369 e. The minimum absolute atomic E-state index is 0.0955. The first-order valence-electron chi connectivity index (χ1n) is 8.30. The Hall–Kier alpha value is -2.67. The molecule has 1 aromatic heterocycles. The van der Waals surface area contributed by atoms with Crippen molar-refractivity contribution in [2.75, 3.05) is 6.61 Å². The van der Waals surface area contributed by atoms with Crippen LogP contribution in [0.1, 0.15) is 24.2 Å². The molecule has 2 atom stereocenters. The first kappa shape index (κ1) is 17.2. The summed E-state index contributed by atoms with van der Waals surface area (Å²) >= 11 is 0. The lowest BCUT2D eigenvalue weighted by Crippen LogP contribution is -2.47. The number of H-pyrrole nitrogens is 1. The number of imidazole rings is 1. The number of hydrogen-bond acceptors (Lipinski definition) is 4. The number of nitrogens with two attached hydrogens (primary N) is 1. The molecule has 0 unspecified atom stereocenters. The third kappa shape index (κ3) is 4.06. The Kier molecular flexibility index (Phi) is 5.14. The number of nitrogens with one attached hydrogen (secondary N) is 2. The smallest absolute Gasteiger partial charge is 0.246 e. The van der Waals surface area contributed by atoms with E-state index in [1.54, 1.807) is 0 Å². The number of aryl methyl sites for hydroxylation is 1. The minimum atomic E-state index is -0.395. The highest BCUT2D eigenvalue weighted by molar-refractivity contribution is 5.81. The number of benzene rings is 1. The van der Waals surface area contributed by atoms with Crippen LogP contribution >= 0.6 is 0 Å². The molecule has 1 aliphatic carbocycles. The zero-order chi connectivity index (χ0) is 17.8. The molecule has 3 rings (SSSR count). The fourth-order valence-electron chi connectivity index (χ4n) is 3.07. The van der Waals surface area contributed by atoms with Gasteiger partial charge in [0.2, 0.25) is 11.8 Å². The zero-order valence-corrected chi connectivity index (χ0v) is 14.1. The second kappa shape index (κ2) is 7.48. The van der Waals surface area contributed by atoms with Crippen LogP contribution < -0.4 is 11.1 Å². The monoisotopic (exact) mass is 342 g/mol. The van der Waals surface area contributed by atoms with Crippen molar-refractivity contribution in [2.45, 2.75) is 32.4 Å². The van der Waals surface area contributed by atoms with E-state index < -0.39 is 5.91 Å². The number of amides is 2. The van der Waals surface area contributed by atoms with Crippen LogP contribution in [0.15, 0.2) is 30.4 Å². The van der Waals surface area contributed by atoms with Crippen molar-refractivity contribution in [3.63, 3.8) is 0 Å². The SMILES string of the molecule is Cc1cccc2[nH]c(COCC(=O)N[C@@H]3CC=CC[C@H]3C(N)=O)nc12. The number of primary amides is 1. The van der Waals surface area contributed by atoms with E-state index in [0.29, 0.717) is 18.7 Å². The Morgan fingerprint density at radius 1 is 1.36 bits per heavy atom. The molecule has 0 saturated carbocycles. The number of carbonyl (C=O) groups excluding carboxylic acids is 2. The lowest BCUT2D eigenvalue weighted by Gasteiger charge is -2.26. The number of para-hydroxylation sites is 1. The molecule has 7 nitrogen and oxygen atoms in total. The molecule has 0 aliphatic heterocycles. The van der Waals surface area contributed by atoms with Gasteiger partial charge >= 0.3 is 0 Å². The van der Waals surface area contributed by atoms with Gasteiger partial charge in [0.1, 0.15) is 19.0 Å². The molecule has 2 aromatic rings. The van der Waals surface area contributed by atoms with Gasteiger partial charge in [0, 0.05) is 6.04 Å². The normalized spacial score (nSPS) is 19.9. The molecule has 4 N–H and O–H groups in total. The van der Waals surface area contributed by atoms with Crippen molar-refractivity contribution in [3.05, 3.63) is 41.7 Å². The van der Waals surface area contributed by atoms with E-state index in [0.717, 1.165) is 16.6 Å². The van der Waals surface area contributed by atoms with E-state index in [9.17, 15) is 9.59 Å². The first-order chi connectivity index (χ1) is 12.0. The third-order valence-electron chi connectivity index (χ3n) is 4.38. The van der Waals surface area contributed by atoms with Crippen molar-refractivity contribution in [3.8, 4) is 0 Å². The first-order valence-corrected chi connectivity index (χ1v) is 8.30. The van der Waals surface area contributed by atoms with E-state index in [-0.39, 0.29) is 31.1 Å². The maximum atomic E-state index is 12.1. The zero-order valence-electron chi connectivity index (χ0n) is 14.1. The highest BCUT2D eigenvalue weighted by Gasteiger charge is 2.28. The lowest BCUT2D eigenvalue weighted by atomic mass is 9.88. The van der Waals surface area contributed by atoms with Crippen LogP contribution in [0.4, 0.5) is 0 Å². The second-order valence-electron chi connectivity index (χ2n) is 6.27. The molecule has 1 aromatic carbocycles. The summed E-state index contributed by atoms with van der Waals surface area (Å²) in [7, 11) is 0. The van der Waals surface area contributed by atoms with Crippen LogP contribution in [-0.2, 0) is 20.9 Å². The number of fused-ring (bicyclic) bond motifs is 1. The molecule has 0 bridgehead atoms. The number of aromatic nitrogens is 2. The summed E-state index contributed by atoms with van der Waals surface area (Å²) in [6.07, 6.45) is 5.02. The Morgan fingerprint density at radius 2 is 2.16 bits per heavy atom. The fraction of sp³-hybridized carbons (Fsp3) is 0.389. The number of rotatable bonds is 6. The summed E-state index contributed by atoms with van der Waals surface area (Å²) in [5.41, 5.74) is 8.33. The Balaban J connectivity index is 1.51. The average molecular weight is 342 g/mol. The number of hydrogen-bond donors (Lipinski definition) is 3. The van der Waals surface area contributed by atoms with Gasteiger partial charge in [-0.15, -0.1) is 0 Å². The number of allylic oxidation sites excluding steroid dienone is 1. The molecule has 0 radical (unpaired) electrons. The van der Waals surface area contributed by atoms with Gasteiger partial charge in [-0.3, -0.25) is 9.59 Å². The summed E-state index contributed by atoms with van der Waals surface area (Å²) in [4.78, 5) is 31.2. The average Bonchev–Trinajstić information content (AvgIpc) is 2.99. The van der Waals surface area contributed by atoms with Gasteiger partial charge in [0.25, 0.3) is 0 Å². The summed E-state index contributed by atoms with van der Waals surface area (Å²) < 4.78 is 5.45. The Labute approximate surface area is 145 Å². The molecule has 25 heavy (non-hydrogen) atoms. The van der Waals surface area contributed by atoms with Crippen LogP contribution in [-0.4, -0.2) is 34.4 Å². The summed E-state index contributed by atoms with van der Waals surface area (Å²) in [6.45, 7) is 2.11. The molecule has 1 aliphatic rings. The van der Waals surface area contributed by atoms with Gasteiger partial charge in [0.05, 0.1) is 17.0 Å². The van der Waals surface area contributed by atoms with Crippen LogP contribution in [0.25, 0.3) is 11.0 Å². The molecule has 132 valence electrons. The van der Waals surface area contributed by atoms with Gasteiger partial charge in [-0.1, -0.05) is 24.3 Å². The molecule has 0 saturated heterocycles. The van der Waals surface area contributed by atoms with Crippen molar-refractivity contribution in [1.82, 2.24) is 15.3 Å². The Bertz CT molecular complexity index is 812. The molecule has 0 fully saturated rings. The molecule has 0 spiro atoms. The van der Waals surface area contributed by atoms with Crippen molar-refractivity contribution >= 4 is 22.8 Å². The van der Waals surface area contributed by atoms with Crippen molar-refractivity contribution in [1.29, 1.82) is 0 Å². The number of carbonyl (C=O) groups is 2. The van der Waals surface area contributed by atoms with Crippen molar-refractivity contribution in [2.24, 2.45) is 11.7 Å². The maximum Gasteiger partial charge on any atom is 0.246 e. The fourth-order valence-corrected chi connectivity index (χ4v) is 3.07. The van der Waals surface area contributed by atoms with Crippen LogP contribution in [0.5, 0.6) is 0 Å². The predicted octanol–water partition coefficient (Wildman–Crippen LogP) is 1.32. The van der Waals surface area contributed by atoms with Crippen LogP contribution in [0, 0.1) is 12.8 Å². The quantitative estimate of drug-likeness (QED) is 0.688. The van der Waals surface area contributed by atoms with Crippen LogP contribution in [0.3, 0.4) is 0 Å². The van der Waals surface area contributed by atoms with E-state index in [2.05, 4.69) is 15.3 Å². The van der Waals surface area contributed by atoms with Gasteiger partial charge < -0.3 is 20.8 Å². The van der Waals surface area contributed by atoms with E-state index in [1.165, 1.54) is 0 Å². The highest BCUT2D eigenvalue weighted by Crippen LogP contribution is 2.19. The third-order valence-corrected chi connectivity index (χ3v) is 4.38. The number of ether oxygens (including phenoxy) is 1. The molecule has 1 heterocycles. The predicted molar refractivity (Wildman–Crippen MR) is 93.5 cm³/mol. The topological polar surface area (TPSA) is 110 Å². The maximum absolute atomic E-state index is 12.1. The van der Waals surface area contributed by atoms with E-state index in [1.807, 2.05) is 37.3 Å². The van der Waals surface area contributed by atoms with Crippen molar-refractivity contribution < 1.29 is 14.3 Å². The summed E-state index contributed by atoms with van der Waals surface area (Å²) in [5.74, 6) is -0.355. The Morgan fingerprint density at radius 3 is 2.92 bits per heavy atom. The highest BCUT2D eigenvalue weighted by atomic mass is 16.5. The van der Waals surface area contributed by atoms with Gasteiger partial charge in [-0.05, 0) is 31.4 Å². The number of nitrogens with zero attached hydrogens (tertiary/aromatic N) is 1. The number of aromatic amines is 1. The molecular weight excluding hydrogens is 320 g/mol.